The Hall–Kier alpha value is -6.12. The molecule has 0 radical (unpaired) electrons. The Bertz CT molecular complexity index is 1990. The minimum Gasteiger partial charge on any atom is -0.497 e. The Morgan fingerprint density at radius 3 is 1.91 bits per heavy atom. The quantitative estimate of drug-likeness (QED) is 0.301. The summed E-state index contributed by atoms with van der Waals surface area (Å²) in [5.41, 5.74) is 2.92. The Balaban J connectivity index is 1.57. The van der Waals surface area contributed by atoms with E-state index in [1.807, 2.05) is 13.0 Å². The summed E-state index contributed by atoms with van der Waals surface area (Å²) < 4.78 is 17.2. The highest BCUT2D eigenvalue weighted by Crippen LogP contribution is 2.35. The first-order valence-corrected chi connectivity index (χ1v) is 19.0. The molecule has 15 heteroatoms. The van der Waals surface area contributed by atoms with Crippen molar-refractivity contribution in [3.05, 3.63) is 82.9 Å². The number of amides is 6. The summed E-state index contributed by atoms with van der Waals surface area (Å²) in [4.78, 5) is 86.6. The number of nitrogens with one attached hydrogen (secondary N) is 4. The van der Waals surface area contributed by atoms with Crippen LogP contribution in [-0.2, 0) is 54.5 Å². The van der Waals surface area contributed by atoms with Crippen LogP contribution in [0.5, 0.6) is 23.0 Å². The molecule has 0 aliphatic carbocycles. The lowest BCUT2D eigenvalue weighted by atomic mass is 9.96. The van der Waals surface area contributed by atoms with Crippen molar-refractivity contribution < 1.29 is 43.0 Å². The van der Waals surface area contributed by atoms with Crippen molar-refractivity contribution >= 4 is 35.4 Å². The molecule has 1 fully saturated rings. The maximum Gasteiger partial charge on any atom is 0.245 e. The summed E-state index contributed by atoms with van der Waals surface area (Å²) in [5, 5.41) is 11.0. The average Bonchev–Trinajstić information content (AvgIpc) is 3.20. The highest BCUT2D eigenvalue weighted by atomic mass is 16.5. The van der Waals surface area contributed by atoms with Crippen LogP contribution in [0.4, 0.5) is 0 Å². The van der Waals surface area contributed by atoms with E-state index in [9.17, 15) is 28.8 Å². The Morgan fingerprint density at radius 2 is 1.30 bits per heavy atom. The lowest BCUT2D eigenvalue weighted by molar-refractivity contribution is -0.145. The van der Waals surface area contributed by atoms with Crippen molar-refractivity contribution in [3.8, 4) is 23.0 Å². The van der Waals surface area contributed by atoms with E-state index in [1.165, 1.54) is 58.9 Å². The highest BCUT2D eigenvalue weighted by Gasteiger charge is 2.37. The lowest BCUT2D eigenvalue weighted by Gasteiger charge is -2.34. The molecule has 6 rings (SSSR count). The van der Waals surface area contributed by atoms with Crippen LogP contribution in [0, 0.1) is 0 Å². The number of ether oxygens (including phenoxy) is 3. The number of likely N-dealkylation sites (N-methyl/N-ethyl adjacent to an activating group) is 2. The second-order valence-electron chi connectivity index (χ2n) is 14.5. The van der Waals surface area contributed by atoms with Gasteiger partial charge in [-0.3, -0.25) is 28.8 Å². The monoisotopic (exact) mass is 784 g/mol. The molecule has 3 aliphatic rings. The maximum absolute atomic E-state index is 14.4. The van der Waals surface area contributed by atoms with Crippen LogP contribution >= 0.6 is 0 Å². The molecule has 6 bridgehead atoms. The molecule has 6 amide bonds. The number of fused-ring (bicyclic) bond motifs is 2. The highest BCUT2D eigenvalue weighted by molar-refractivity contribution is 5.98. The van der Waals surface area contributed by atoms with Crippen molar-refractivity contribution in [2.45, 2.75) is 89.6 Å². The third kappa shape index (κ3) is 9.83. The Labute approximate surface area is 332 Å². The predicted molar refractivity (Wildman–Crippen MR) is 211 cm³/mol. The number of nitrogens with zero attached hydrogens (tertiary/aromatic N) is 2. The molecule has 0 aromatic heterocycles. The largest absolute Gasteiger partial charge is 0.497 e. The van der Waals surface area contributed by atoms with Gasteiger partial charge in [0, 0.05) is 33.4 Å². The molecule has 57 heavy (non-hydrogen) atoms. The van der Waals surface area contributed by atoms with Crippen molar-refractivity contribution in [2.75, 3.05) is 28.3 Å². The van der Waals surface area contributed by atoms with Gasteiger partial charge >= 0.3 is 0 Å². The Kier molecular flexibility index (Phi) is 13.4. The van der Waals surface area contributed by atoms with Gasteiger partial charge in [-0.25, -0.2) is 0 Å². The molecule has 3 aromatic carbocycles. The molecule has 304 valence electrons. The average molecular weight is 785 g/mol. The molecule has 15 nitrogen and oxygen atoms in total. The maximum atomic E-state index is 14.4. The first kappa shape index (κ1) is 42.0. The van der Waals surface area contributed by atoms with Crippen molar-refractivity contribution in [3.63, 3.8) is 0 Å². The number of benzene rings is 3. The number of methoxy groups -OCH3 is 2. The molecule has 0 saturated carbocycles. The summed E-state index contributed by atoms with van der Waals surface area (Å²) in [6.07, 6.45) is 0.682. The van der Waals surface area contributed by atoms with Gasteiger partial charge in [0.25, 0.3) is 0 Å². The number of hydrogen-bond acceptors (Lipinski definition) is 9. The number of carbonyl (C=O) groups excluding carboxylic acids is 6. The lowest BCUT2D eigenvalue weighted by Crippen LogP contribution is -2.61. The van der Waals surface area contributed by atoms with E-state index < -0.39 is 71.7 Å². The van der Waals surface area contributed by atoms with Gasteiger partial charge in [0.2, 0.25) is 35.4 Å². The summed E-state index contributed by atoms with van der Waals surface area (Å²) >= 11 is 0. The van der Waals surface area contributed by atoms with Gasteiger partial charge in [0.15, 0.2) is 11.5 Å². The van der Waals surface area contributed by atoms with Gasteiger partial charge in [-0.15, -0.1) is 0 Å². The number of rotatable bonds is 5. The van der Waals surface area contributed by atoms with E-state index in [-0.39, 0.29) is 19.3 Å². The van der Waals surface area contributed by atoms with Gasteiger partial charge < -0.3 is 45.3 Å². The van der Waals surface area contributed by atoms with Crippen LogP contribution in [-0.4, -0.2) is 110 Å². The second-order valence-corrected chi connectivity index (χ2v) is 14.5. The number of aryl methyl sites for hydroxylation is 1. The van der Waals surface area contributed by atoms with E-state index in [4.69, 9.17) is 14.2 Å². The molecule has 0 spiro atoms. The van der Waals surface area contributed by atoms with Crippen LogP contribution in [0.2, 0.25) is 0 Å². The molecule has 3 heterocycles. The second kappa shape index (κ2) is 18.2. The molecule has 6 unspecified atom stereocenters. The first-order chi connectivity index (χ1) is 27.1. The third-order valence-corrected chi connectivity index (χ3v) is 10.5. The smallest absolute Gasteiger partial charge is 0.245 e. The van der Waals surface area contributed by atoms with Crippen LogP contribution in [0.1, 0.15) is 49.9 Å². The van der Waals surface area contributed by atoms with Gasteiger partial charge in [-0.05, 0) is 85.8 Å². The molecule has 3 aliphatic heterocycles. The third-order valence-electron chi connectivity index (χ3n) is 10.5. The van der Waals surface area contributed by atoms with Crippen molar-refractivity contribution in [2.24, 2.45) is 0 Å². The van der Waals surface area contributed by atoms with E-state index in [0.29, 0.717) is 46.1 Å². The summed E-state index contributed by atoms with van der Waals surface area (Å²) in [6.45, 7) is 6.40. The predicted octanol–water partition coefficient (Wildman–Crippen LogP) is 2.07. The molecule has 4 N–H and O–H groups in total. The van der Waals surface area contributed by atoms with Crippen LogP contribution in [0.15, 0.2) is 60.7 Å². The fraction of sp³-hybridized carbons (Fsp3) is 0.429. The molecule has 3 aromatic rings. The van der Waals surface area contributed by atoms with Gasteiger partial charge in [0.1, 0.15) is 47.8 Å². The topological polar surface area (TPSA) is 185 Å². The van der Waals surface area contributed by atoms with Crippen LogP contribution in [0.3, 0.4) is 0 Å². The van der Waals surface area contributed by atoms with E-state index in [2.05, 4.69) is 21.3 Å². The van der Waals surface area contributed by atoms with Gasteiger partial charge in [-0.1, -0.05) is 31.2 Å². The zero-order valence-corrected chi connectivity index (χ0v) is 33.6. The fourth-order valence-electron chi connectivity index (χ4n) is 7.01. The van der Waals surface area contributed by atoms with Crippen molar-refractivity contribution in [1.29, 1.82) is 0 Å². The van der Waals surface area contributed by atoms with Gasteiger partial charge in [-0.2, -0.15) is 0 Å². The molecule has 1 saturated heterocycles. The molecular weight excluding hydrogens is 732 g/mol. The Morgan fingerprint density at radius 1 is 0.684 bits per heavy atom. The molecular formula is C42H52N6O9. The molecule has 6 atom stereocenters. The van der Waals surface area contributed by atoms with Crippen LogP contribution < -0.4 is 35.5 Å². The van der Waals surface area contributed by atoms with E-state index in [1.54, 1.807) is 54.6 Å². The fourth-order valence-corrected chi connectivity index (χ4v) is 7.01. The number of carbonyl (C=O) groups is 6. The normalized spacial score (nSPS) is 23.9. The van der Waals surface area contributed by atoms with Crippen molar-refractivity contribution in [1.82, 2.24) is 31.1 Å². The SMILES string of the molecule is CCc1cc(OC)c2cc1CC1NC(=O)C(Cc3ccc(cc3)O2)N(C)C(=O)C(C)NC(=O)C(Cc2ccc(OC)cc2)N(C)C(=O)C(C)NC(=O)C(C)NC1=O. The standard InChI is InChI=1S/C42H52N6O9/c1-9-28-21-35(56-8)36-22-29(28)20-32-38(50)43-23(2)37(49)44-24(3)41(53)47(5)33(18-26-10-14-30(55-7)15-11-26)39(51)45-25(4)42(54)48(6)34(40(52)46-32)19-27-12-16-31(57-36)17-13-27/h10-17,21-25,32-34H,9,18-20H2,1-8H3,(H,43,50)(H,44,49)(H,45,51)(H,46,52). The van der Waals surface area contributed by atoms with Gasteiger partial charge in [0.05, 0.1) is 14.2 Å². The minimum atomic E-state index is -1.21. The van der Waals surface area contributed by atoms with E-state index >= 15 is 0 Å². The van der Waals surface area contributed by atoms with Crippen LogP contribution in [0.25, 0.3) is 0 Å². The summed E-state index contributed by atoms with van der Waals surface area (Å²) in [6, 6.07) is 10.8. The summed E-state index contributed by atoms with van der Waals surface area (Å²) in [5.74, 6) is -1.71. The zero-order chi connectivity index (χ0) is 41.6. The minimum absolute atomic E-state index is 0.000862. The van der Waals surface area contributed by atoms with E-state index in [0.717, 1.165) is 5.56 Å². The first-order valence-electron chi connectivity index (χ1n) is 19.0. The number of hydrogen-bond donors (Lipinski definition) is 4. The zero-order valence-electron chi connectivity index (χ0n) is 33.6. The summed E-state index contributed by atoms with van der Waals surface area (Å²) in [7, 11) is 5.98.